The van der Waals surface area contributed by atoms with Gasteiger partial charge in [0, 0.05) is 41.4 Å². The molecule has 0 aliphatic carbocycles. The first kappa shape index (κ1) is 26.9. The molecule has 1 N–H and O–H groups in total. The molecule has 0 aliphatic heterocycles. The molecule has 8 heteroatoms. The number of benzene rings is 4. The van der Waals surface area contributed by atoms with Crippen molar-refractivity contribution in [2.75, 3.05) is 14.1 Å². The molecule has 0 bridgehead atoms. The molecule has 1 heterocycles. The summed E-state index contributed by atoms with van der Waals surface area (Å²) in [6.07, 6.45) is 0. The van der Waals surface area contributed by atoms with E-state index in [1.807, 2.05) is 65.2 Å². The molecular formula is C31H24Cl2N2O3S. The topological polar surface area (TPSA) is 62.5 Å². The molecule has 0 saturated heterocycles. The molecule has 5 aromatic rings. The molecule has 0 fully saturated rings. The zero-order valence-electron chi connectivity index (χ0n) is 21.2. The van der Waals surface area contributed by atoms with E-state index in [1.165, 1.54) is 16.7 Å². The molecule has 0 aliphatic rings. The SMILES string of the molecule is CN(C)C(=O)c1ccc(Cn2c(C(=O)O)cc3c(-c4ccccc4)cc(Sc4ccc(Cl)c(Cl)c4)cc32)cc1. The lowest BCUT2D eigenvalue weighted by Gasteiger charge is -2.13. The van der Waals surface area contributed by atoms with Gasteiger partial charge in [-0.25, -0.2) is 4.79 Å². The molecule has 5 rings (SSSR count). The Morgan fingerprint density at radius 3 is 2.21 bits per heavy atom. The van der Waals surface area contributed by atoms with Crippen LogP contribution in [-0.4, -0.2) is 40.5 Å². The van der Waals surface area contributed by atoms with Crippen molar-refractivity contribution in [3.05, 3.63) is 118 Å². The summed E-state index contributed by atoms with van der Waals surface area (Å²) in [5, 5.41) is 11.9. The summed E-state index contributed by atoms with van der Waals surface area (Å²) in [7, 11) is 3.42. The van der Waals surface area contributed by atoms with Gasteiger partial charge in [0.25, 0.3) is 5.91 Å². The van der Waals surface area contributed by atoms with Gasteiger partial charge in [-0.3, -0.25) is 4.79 Å². The summed E-state index contributed by atoms with van der Waals surface area (Å²) in [4.78, 5) is 28.1. The number of fused-ring (bicyclic) bond motifs is 1. The van der Waals surface area contributed by atoms with Crippen LogP contribution in [0.25, 0.3) is 22.0 Å². The Hall–Kier alpha value is -3.71. The number of carbonyl (C=O) groups excluding carboxylic acids is 1. The highest BCUT2D eigenvalue weighted by Gasteiger charge is 2.20. The fourth-order valence-corrected chi connectivity index (χ4v) is 5.76. The van der Waals surface area contributed by atoms with Crippen LogP contribution in [0.2, 0.25) is 10.0 Å². The van der Waals surface area contributed by atoms with Crippen LogP contribution in [0.1, 0.15) is 26.4 Å². The number of aromatic carboxylic acids is 1. The maximum Gasteiger partial charge on any atom is 0.352 e. The standard InChI is InChI=1S/C31H24Cl2N2O3S/c1-34(2)30(36)21-10-8-19(9-11-21)18-35-28-16-23(39-22-12-13-26(32)27(33)15-22)14-24(20-6-4-3-5-7-20)25(28)17-29(35)31(37)38/h3-17H,18H2,1-2H3,(H,37,38). The van der Waals surface area contributed by atoms with E-state index in [2.05, 4.69) is 6.07 Å². The first-order chi connectivity index (χ1) is 18.7. The second-order valence-electron chi connectivity index (χ2n) is 9.27. The van der Waals surface area contributed by atoms with Gasteiger partial charge >= 0.3 is 5.97 Å². The van der Waals surface area contributed by atoms with Gasteiger partial charge in [-0.1, -0.05) is 77.4 Å². The summed E-state index contributed by atoms with van der Waals surface area (Å²) < 4.78 is 1.81. The molecule has 0 unspecified atom stereocenters. The van der Waals surface area contributed by atoms with Gasteiger partial charge in [-0.05, 0) is 65.2 Å². The summed E-state index contributed by atoms with van der Waals surface area (Å²) >= 11 is 13.9. The van der Waals surface area contributed by atoms with Crippen molar-refractivity contribution in [2.45, 2.75) is 16.3 Å². The van der Waals surface area contributed by atoms with Crippen LogP contribution in [0.5, 0.6) is 0 Å². The number of nitrogens with zero attached hydrogens (tertiary/aromatic N) is 2. The number of hydrogen-bond acceptors (Lipinski definition) is 3. The number of halogens is 2. The Morgan fingerprint density at radius 1 is 0.846 bits per heavy atom. The lowest BCUT2D eigenvalue weighted by Crippen LogP contribution is -2.21. The number of carbonyl (C=O) groups is 2. The number of hydrogen-bond donors (Lipinski definition) is 1. The largest absolute Gasteiger partial charge is 0.477 e. The fourth-order valence-electron chi connectivity index (χ4n) is 4.46. The maximum absolute atomic E-state index is 12.4. The number of amides is 1. The number of carboxylic acids is 1. The van der Waals surface area contributed by atoms with Gasteiger partial charge in [-0.2, -0.15) is 0 Å². The first-order valence-corrected chi connectivity index (χ1v) is 13.7. The molecule has 196 valence electrons. The molecule has 1 amide bonds. The molecule has 0 spiro atoms. The van der Waals surface area contributed by atoms with Crippen molar-refractivity contribution in [3.8, 4) is 11.1 Å². The van der Waals surface area contributed by atoms with Crippen molar-refractivity contribution >= 4 is 57.7 Å². The third kappa shape index (κ3) is 5.69. The summed E-state index contributed by atoms with van der Waals surface area (Å²) in [6, 6.07) is 28.5. The molecule has 1 aromatic heterocycles. The van der Waals surface area contributed by atoms with Crippen molar-refractivity contribution in [1.82, 2.24) is 9.47 Å². The molecule has 0 saturated carbocycles. The van der Waals surface area contributed by atoms with E-state index in [4.69, 9.17) is 23.2 Å². The number of carboxylic acid groups (broad SMARTS) is 1. The van der Waals surface area contributed by atoms with E-state index < -0.39 is 5.97 Å². The van der Waals surface area contributed by atoms with Crippen LogP contribution >= 0.6 is 35.0 Å². The summed E-state index contributed by atoms with van der Waals surface area (Å²) in [5.74, 6) is -1.10. The van der Waals surface area contributed by atoms with Gasteiger partial charge in [0.05, 0.1) is 15.6 Å². The highest BCUT2D eigenvalue weighted by atomic mass is 35.5. The highest BCUT2D eigenvalue weighted by Crippen LogP contribution is 2.39. The molecular weight excluding hydrogens is 551 g/mol. The second-order valence-corrected chi connectivity index (χ2v) is 11.2. The zero-order chi connectivity index (χ0) is 27.7. The van der Waals surface area contributed by atoms with Crippen molar-refractivity contribution in [3.63, 3.8) is 0 Å². The van der Waals surface area contributed by atoms with E-state index >= 15 is 0 Å². The Labute approximate surface area is 240 Å². The zero-order valence-corrected chi connectivity index (χ0v) is 23.5. The minimum absolute atomic E-state index is 0.0874. The predicted octanol–water partition coefficient (Wildman–Crippen LogP) is 8.21. The van der Waals surface area contributed by atoms with Crippen LogP contribution < -0.4 is 0 Å². The van der Waals surface area contributed by atoms with Crippen LogP contribution in [0, 0.1) is 0 Å². The normalized spacial score (nSPS) is 11.1. The van der Waals surface area contributed by atoms with Gasteiger partial charge in [-0.15, -0.1) is 0 Å². The minimum Gasteiger partial charge on any atom is -0.477 e. The Morgan fingerprint density at radius 2 is 1.56 bits per heavy atom. The molecule has 39 heavy (non-hydrogen) atoms. The molecule has 0 atom stereocenters. The Balaban J connectivity index is 1.65. The Bertz CT molecular complexity index is 1700. The van der Waals surface area contributed by atoms with Gasteiger partial charge in [0.1, 0.15) is 5.69 Å². The number of rotatable bonds is 7. The third-order valence-electron chi connectivity index (χ3n) is 6.37. The van der Waals surface area contributed by atoms with Gasteiger partial charge in [0.2, 0.25) is 0 Å². The van der Waals surface area contributed by atoms with Gasteiger partial charge in [0.15, 0.2) is 0 Å². The van der Waals surface area contributed by atoms with Crippen molar-refractivity contribution in [2.24, 2.45) is 0 Å². The molecule has 5 nitrogen and oxygen atoms in total. The van der Waals surface area contributed by atoms with E-state index in [9.17, 15) is 14.7 Å². The average Bonchev–Trinajstić information content (AvgIpc) is 3.29. The lowest BCUT2D eigenvalue weighted by atomic mass is 10.0. The summed E-state index contributed by atoms with van der Waals surface area (Å²) in [6.45, 7) is 0.330. The molecule has 4 aromatic carbocycles. The predicted molar refractivity (Wildman–Crippen MR) is 158 cm³/mol. The quantitative estimate of drug-likeness (QED) is 0.213. The van der Waals surface area contributed by atoms with Crippen LogP contribution in [0.4, 0.5) is 0 Å². The average molecular weight is 576 g/mol. The van der Waals surface area contributed by atoms with E-state index in [1.54, 1.807) is 38.4 Å². The summed E-state index contributed by atoms with van der Waals surface area (Å²) in [5.41, 5.74) is 4.36. The van der Waals surface area contributed by atoms with Crippen molar-refractivity contribution in [1.29, 1.82) is 0 Å². The van der Waals surface area contributed by atoms with Gasteiger partial charge < -0.3 is 14.6 Å². The smallest absolute Gasteiger partial charge is 0.352 e. The van der Waals surface area contributed by atoms with E-state index in [0.717, 1.165) is 37.4 Å². The first-order valence-electron chi connectivity index (χ1n) is 12.1. The van der Waals surface area contributed by atoms with Crippen LogP contribution in [0.3, 0.4) is 0 Å². The van der Waals surface area contributed by atoms with E-state index in [-0.39, 0.29) is 11.6 Å². The van der Waals surface area contributed by atoms with Crippen LogP contribution in [0.15, 0.2) is 101 Å². The van der Waals surface area contributed by atoms with E-state index in [0.29, 0.717) is 22.2 Å². The number of aromatic nitrogens is 1. The monoisotopic (exact) mass is 574 g/mol. The third-order valence-corrected chi connectivity index (χ3v) is 8.07. The fraction of sp³-hybridized carbons (Fsp3) is 0.0968. The lowest BCUT2D eigenvalue weighted by molar-refractivity contribution is 0.0685. The Kier molecular flexibility index (Phi) is 7.71. The van der Waals surface area contributed by atoms with Crippen LogP contribution in [-0.2, 0) is 6.54 Å². The second kappa shape index (κ2) is 11.2. The van der Waals surface area contributed by atoms with Crippen molar-refractivity contribution < 1.29 is 14.7 Å². The maximum atomic E-state index is 12.4. The highest BCUT2D eigenvalue weighted by molar-refractivity contribution is 7.99. The minimum atomic E-state index is -1.01. The molecule has 0 radical (unpaired) electrons.